The van der Waals surface area contributed by atoms with Gasteiger partial charge in [0.1, 0.15) is 0 Å². The van der Waals surface area contributed by atoms with Crippen molar-refractivity contribution in [3.63, 3.8) is 0 Å². The first kappa shape index (κ1) is 12.8. The number of hydrogen-bond acceptors (Lipinski definition) is 3. The number of carbonyl (C=O) groups excluding carboxylic acids is 1. The molecule has 0 spiro atoms. The van der Waals surface area contributed by atoms with E-state index in [-0.39, 0.29) is 5.91 Å². The molecular weight excluding hydrogens is 214 g/mol. The molecule has 2 unspecified atom stereocenters. The number of hydrogen-bond donors (Lipinski definition) is 1. The van der Waals surface area contributed by atoms with Gasteiger partial charge in [0.05, 0.1) is 0 Å². The van der Waals surface area contributed by atoms with E-state index in [1.54, 1.807) is 0 Å². The number of rotatable bonds is 6. The molecule has 1 aliphatic heterocycles. The lowest BCUT2D eigenvalue weighted by Gasteiger charge is -2.27. The molecule has 2 N–H and O–H groups in total. The van der Waals surface area contributed by atoms with Gasteiger partial charge in [0.15, 0.2) is 0 Å². The highest BCUT2D eigenvalue weighted by Gasteiger charge is 2.37. The molecule has 17 heavy (non-hydrogen) atoms. The van der Waals surface area contributed by atoms with E-state index in [0.29, 0.717) is 13.0 Å². The number of carbonyl (C=O) groups is 1. The number of piperidine rings is 1. The van der Waals surface area contributed by atoms with Gasteiger partial charge in [-0.25, -0.2) is 0 Å². The molecule has 1 saturated carbocycles. The smallest absolute Gasteiger partial charge is 0.223 e. The Balaban J connectivity index is 1.66. The second-order valence-electron chi connectivity index (χ2n) is 5.54. The Morgan fingerprint density at radius 1 is 1.47 bits per heavy atom. The fourth-order valence-electron chi connectivity index (χ4n) is 3.18. The third-order valence-corrected chi connectivity index (χ3v) is 4.26. The normalized spacial score (nSPS) is 27.6. The van der Waals surface area contributed by atoms with Gasteiger partial charge in [-0.05, 0) is 38.1 Å². The molecule has 1 amide bonds. The molecule has 0 radical (unpaired) electrons. The van der Waals surface area contributed by atoms with Crippen LogP contribution in [-0.4, -0.2) is 55.0 Å². The topological polar surface area (TPSA) is 49.6 Å². The zero-order valence-electron chi connectivity index (χ0n) is 10.9. The molecular formula is C13H25N3O. The Hall–Kier alpha value is -0.610. The van der Waals surface area contributed by atoms with E-state index >= 15 is 0 Å². The summed E-state index contributed by atoms with van der Waals surface area (Å²) >= 11 is 0. The summed E-state index contributed by atoms with van der Waals surface area (Å²) in [7, 11) is 1.88. The van der Waals surface area contributed by atoms with E-state index in [4.69, 9.17) is 5.73 Å². The van der Waals surface area contributed by atoms with Crippen molar-refractivity contribution in [1.82, 2.24) is 9.80 Å². The van der Waals surface area contributed by atoms with E-state index < -0.39 is 0 Å². The van der Waals surface area contributed by atoms with Crippen LogP contribution in [0.3, 0.4) is 0 Å². The predicted octanol–water partition coefficient (Wildman–Crippen LogP) is 0.668. The first-order chi connectivity index (χ1) is 8.20. The Kier molecular flexibility index (Phi) is 4.40. The molecule has 2 aliphatic rings. The Labute approximate surface area is 104 Å². The highest BCUT2D eigenvalue weighted by Crippen LogP contribution is 2.37. The standard InChI is InChI=1S/C13H25N3O/c1-15(7-2-6-14)13(17)5-8-16-10-11-3-4-12(16)9-11/h11-12H,2-10,14H2,1H3. The van der Waals surface area contributed by atoms with Crippen LogP contribution in [-0.2, 0) is 4.79 Å². The molecule has 4 heteroatoms. The summed E-state index contributed by atoms with van der Waals surface area (Å²) in [5.41, 5.74) is 5.45. The van der Waals surface area contributed by atoms with Gasteiger partial charge >= 0.3 is 0 Å². The minimum atomic E-state index is 0.265. The third-order valence-electron chi connectivity index (χ3n) is 4.26. The zero-order valence-corrected chi connectivity index (χ0v) is 10.9. The van der Waals surface area contributed by atoms with Crippen LogP contribution in [0.5, 0.6) is 0 Å². The lowest BCUT2D eigenvalue weighted by Crippen LogP contribution is -2.36. The first-order valence-corrected chi connectivity index (χ1v) is 6.88. The molecule has 98 valence electrons. The minimum Gasteiger partial charge on any atom is -0.346 e. The van der Waals surface area contributed by atoms with E-state index in [9.17, 15) is 4.79 Å². The monoisotopic (exact) mass is 239 g/mol. The second-order valence-corrected chi connectivity index (χ2v) is 5.54. The highest BCUT2D eigenvalue weighted by atomic mass is 16.2. The van der Waals surface area contributed by atoms with Crippen molar-refractivity contribution in [2.75, 3.05) is 33.2 Å². The van der Waals surface area contributed by atoms with Crippen molar-refractivity contribution < 1.29 is 4.79 Å². The number of likely N-dealkylation sites (tertiary alicyclic amines) is 1. The molecule has 2 bridgehead atoms. The maximum Gasteiger partial charge on any atom is 0.223 e. The van der Waals surface area contributed by atoms with Gasteiger partial charge in [0, 0.05) is 39.1 Å². The molecule has 1 saturated heterocycles. The van der Waals surface area contributed by atoms with Gasteiger partial charge in [-0.3, -0.25) is 9.69 Å². The maximum atomic E-state index is 11.9. The highest BCUT2D eigenvalue weighted by molar-refractivity contribution is 5.76. The van der Waals surface area contributed by atoms with Crippen molar-refractivity contribution in [1.29, 1.82) is 0 Å². The number of nitrogens with two attached hydrogens (primary N) is 1. The number of nitrogens with zero attached hydrogens (tertiary/aromatic N) is 2. The molecule has 4 nitrogen and oxygen atoms in total. The van der Waals surface area contributed by atoms with Gasteiger partial charge in [-0.2, -0.15) is 0 Å². The SMILES string of the molecule is CN(CCCN)C(=O)CCN1CC2CCC1C2. The van der Waals surface area contributed by atoms with E-state index in [1.165, 1.54) is 25.8 Å². The predicted molar refractivity (Wildman–Crippen MR) is 68.6 cm³/mol. The van der Waals surface area contributed by atoms with Crippen LogP contribution in [0.4, 0.5) is 0 Å². The van der Waals surface area contributed by atoms with Crippen LogP contribution in [0.2, 0.25) is 0 Å². The molecule has 1 heterocycles. The second kappa shape index (κ2) is 5.83. The van der Waals surface area contributed by atoms with Crippen molar-refractivity contribution in [3.8, 4) is 0 Å². The summed E-state index contributed by atoms with van der Waals surface area (Å²) in [5, 5.41) is 0. The Bertz CT molecular complexity index is 269. The summed E-state index contributed by atoms with van der Waals surface area (Å²) in [5.74, 6) is 1.19. The average Bonchev–Trinajstić information content (AvgIpc) is 2.94. The Morgan fingerprint density at radius 3 is 2.88 bits per heavy atom. The average molecular weight is 239 g/mol. The zero-order chi connectivity index (χ0) is 12.3. The molecule has 2 rings (SSSR count). The number of amides is 1. The minimum absolute atomic E-state index is 0.265. The van der Waals surface area contributed by atoms with Crippen molar-refractivity contribution in [2.24, 2.45) is 11.7 Å². The first-order valence-electron chi connectivity index (χ1n) is 6.88. The van der Waals surface area contributed by atoms with Gasteiger partial charge < -0.3 is 10.6 Å². The third kappa shape index (κ3) is 3.19. The summed E-state index contributed by atoms with van der Waals surface area (Å²) in [6.45, 7) is 3.63. The van der Waals surface area contributed by atoms with Crippen molar-refractivity contribution in [3.05, 3.63) is 0 Å². The van der Waals surface area contributed by atoms with Crippen LogP contribution in [0, 0.1) is 5.92 Å². The van der Waals surface area contributed by atoms with Crippen LogP contribution >= 0.6 is 0 Å². The fraction of sp³-hybridized carbons (Fsp3) is 0.923. The van der Waals surface area contributed by atoms with Crippen LogP contribution < -0.4 is 5.73 Å². The molecule has 0 aromatic rings. The van der Waals surface area contributed by atoms with E-state index in [1.807, 2.05) is 11.9 Å². The summed E-state index contributed by atoms with van der Waals surface area (Å²) < 4.78 is 0. The summed E-state index contributed by atoms with van der Waals surface area (Å²) in [6, 6.07) is 0.780. The summed E-state index contributed by atoms with van der Waals surface area (Å²) in [6.07, 6.45) is 5.70. The lowest BCUT2D eigenvalue weighted by atomic mass is 10.1. The molecule has 1 aliphatic carbocycles. The fourth-order valence-corrected chi connectivity index (χ4v) is 3.18. The van der Waals surface area contributed by atoms with Crippen LogP contribution in [0.1, 0.15) is 32.1 Å². The van der Waals surface area contributed by atoms with E-state index in [2.05, 4.69) is 4.90 Å². The van der Waals surface area contributed by atoms with Gasteiger partial charge in [-0.1, -0.05) is 0 Å². The lowest BCUT2D eigenvalue weighted by molar-refractivity contribution is -0.130. The van der Waals surface area contributed by atoms with Crippen molar-refractivity contribution >= 4 is 5.91 Å². The maximum absolute atomic E-state index is 11.9. The molecule has 0 aromatic heterocycles. The van der Waals surface area contributed by atoms with Gasteiger partial charge in [0.2, 0.25) is 5.91 Å². The molecule has 0 aromatic carbocycles. The molecule has 2 fully saturated rings. The Morgan fingerprint density at radius 2 is 2.29 bits per heavy atom. The van der Waals surface area contributed by atoms with Gasteiger partial charge in [0.25, 0.3) is 0 Å². The van der Waals surface area contributed by atoms with E-state index in [0.717, 1.165) is 31.5 Å². The number of fused-ring (bicyclic) bond motifs is 2. The van der Waals surface area contributed by atoms with Crippen LogP contribution in [0.15, 0.2) is 0 Å². The van der Waals surface area contributed by atoms with Gasteiger partial charge in [-0.15, -0.1) is 0 Å². The largest absolute Gasteiger partial charge is 0.346 e. The quantitative estimate of drug-likeness (QED) is 0.741. The van der Waals surface area contributed by atoms with Crippen LogP contribution in [0.25, 0.3) is 0 Å². The summed E-state index contributed by atoms with van der Waals surface area (Å²) in [4.78, 5) is 16.2. The molecule has 2 atom stereocenters. The van der Waals surface area contributed by atoms with Crippen molar-refractivity contribution in [2.45, 2.75) is 38.1 Å².